The lowest BCUT2D eigenvalue weighted by molar-refractivity contribution is -0.116. The van der Waals surface area contributed by atoms with Crippen LogP contribution in [0, 0.1) is 5.82 Å². The van der Waals surface area contributed by atoms with Gasteiger partial charge in [-0.15, -0.1) is 0 Å². The summed E-state index contributed by atoms with van der Waals surface area (Å²) in [6.07, 6.45) is 4.00. The normalized spacial score (nSPS) is 17.2. The zero-order valence-electron chi connectivity index (χ0n) is 19.1. The van der Waals surface area contributed by atoms with Gasteiger partial charge in [-0.1, -0.05) is 22.0 Å². The third kappa shape index (κ3) is 5.17. The molecule has 0 bridgehead atoms. The molecule has 1 saturated heterocycles. The Morgan fingerprint density at radius 2 is 1.83 bits per heavy atom. The lowest BCUT2D eigenvalue weighted by Crippen LogP contribution is -2.33. The number of halogens is 2. The molecule has 0 radical (unpaired) electrons. The van der Waals surface area contributed by atoms with Crippen molar-refractivity contribution < 1.29 is 9.18 Å². The Morgan fingerprint density at radius 3 is 2.56 bits per heavy atom. The number of nitrogens with zero attached hydrogens (tertiary/aromatic N) is 3. The third-order valence-corrected chi connectivity index (χ3v) is 6.97. The number of anilines is 1. The fraction of sp³-hybridized carbons (Fsp3) is 0.148. The Morgan fingerprint density at radius 1 is 1.06 bits per heavy atom. The number of benzene rings is 2. The van der Waals surface area contributed by atoms with E-state index in [4.69, 9.17) is 12.2 Å². The highest BCUT2D eigenvalue weighted by Crippen LogP contribution is 2.39. The second kappa shape index (κ2) is 10.6. The maximum Gasteiger partial charge on any atom is 0.226 e. The summed E-state index contributed by atoms with van der Waals surface area (Å²) in [5, 5.41) is 6.82. The Bertz CT molecular complexity index is 1360. The average Bonchev–Trinajstić information content (AvgIpc) is 3.49. The molecule has 0 spiro atoms. The van der Waals surface area contributed by atoms with Crippen LogP contribution < -0.4 is 10.6 Å². The Hall–Kier alpha value is -3.56. The van der Waals surface area contributed by atoms with Crippen molar-refractivity contribution in [2.75, 3.05) is 11.9 Å². The number of aromatic nitrogens is 2. The molecular weight excluding hydrogens is 541 g/mol. The maximum absolute atomic E-state index is 13.2. The van der Waals surface area contributed by atoms with Gasteiger partial charge in [0, 0.05) is 46.9 Å². The van der Waals surface area contributed by atoms with Gasteiger partial charge in [-0.2, -0.15) is 0 Å². The number of thiocarbonyl (C=S) groups is 1. The van der Waals surface area contributed by atoms with E-state index in [1.54, 1.807) is 18.3 Å². The zero-order chi connectivity index (χ0) is 25.1. The molecule has 4 aromatic rings. The van der Waals surface area contributed by atoms with E-state index in [9.17, 15) is 9.18 Å². The van der Waals surface area contributed by atoms with Crippen LogP contribution in [0.2, 0.25) is 0 Å². The molecule has 2 aromatic heterocycles. The predicted octanol–water partition coefficient (Wildman–Crippen LogP) is 5.78. The first-order chi connectivity index (χ1) is 17.5. The molecule has 2 N–H and O–H groups in total. The van der Waals surface area contributed by atoms with Crippen molar-refractivity contribution in [3.8, 4) is 5.69 Å². The minimum absolute atomic E-state index is 0.173. The molecule has 5 rings (SSSR count). The number of hydrogen-bond acceptors (Lipinski definition) is 3. The van der Waals surface area contributed by atoms with E-state index in [2.05, 4.69) is 42.2 Å². The first-order valence-corrected chi connectivity index (χ1v) is 12.7. The highest BCUT2D eigenvalue weighted by molar-refractivity contribution is 9.10. The Labute approximate surface area is 222 Å². The predicted molar refractivity (Wildman–Crippen MR) is 145 cm³/mol. The monoisotopic (exact) mass is 563 g/mol. The summed E-state index contributed by atoms with van der Waals surface area (Å²) < 4.78 is 16.3. The largest absolute Gasteiger partial charge is 0.352 e. The molecule has 1 fully saturated rings. The van der Waals surface area contributed by atoms with Crippen molar-refractivity contribution in [1.29, 1.82) is 0 Å². The summed E-state index contributed by atoms with van der Waals surface area (Å²) in [7, 11) is 0. The maximum atomic E-state index is 13.2. The van der Waals surface area contributed by atoms with Crippen LogP contribution in [0.4, 0.5) is 10.1 Å². The van der Waals surface area contributed by atoms with Gasteiger partial charge in [0.2, 0.25) is 5.91 Å². The highest BCUT2D eigenvalue weighted by Gasteiger charge is 2.41. The molecule has 1 aliphatic heterocycles. The SMILES string of the molecule is O=C(CCN1C(=S)N[C@@H](c2ccccn2)[C@H]1c1cccn1-c1ccc(Br)cc1)Nc1ccc(F)cc1. The molecule has 9 heteroatoms. The van der Waals surface area contributed by atoms with Gasteiger partial charge in [-0.05, 0) is 85.0 Å². The van der Waals surface area contributed by atoms with Crippen LogP contribution in [0.15, 0.2) is 95.7 Å². The Balaban J connectivity index is 1.43. The third-order valence-electron chi connectivity index (χ3n) is 6.09. The fourth-order valence-corrected chi connectivity index (χ4v) is 5.01. The summed E-state index contributed by atoms with van der Waals surface area (Å²) in [6.45, 7) is 0.401. The number of nitrogens with one attached hydrogen (secondary N) is 2. The van der Waals surface area contributed by atoms with Gasteiger partial charge in [0.05, 0.1) is 17.8 Å². The summed E-state index contributed by atoms with van der Waals surface area (Å²) in [4.78, 5) is 19.3. The number of rotatable bonds is 7. The molecule has 6 nitrogen and oxygen atoms in total. The lowest BCUT2D eigenvalue weighted by atomic mass is 10.0. The van der Waals surface area contributed by atoms with Gasteiger partial charge >= 0.3 is 0 Å². The second-order valence-corrected chi connectivity index (χ2v) is 9.71. The smallest absolute Gasteiger partial charge is 0.226 e. The molecule has 2 aromatic carbocycles. The summed E-state index contributed by atoms with van der Waals surface area (Å²) in [5.74, 6) is -0.522. The van der Waals surface area contributed by atoms with Crippen molar-refractivity contribution >= 4 is 44.9 Å². The van der Waals surface area contributed by atoms with Gasteiger partial charge in [0.15, 0.2) is 5.11 Å². The van der Waals surface area contributed by atoms with Gasteiger partial charge in [-0.25, -0.2) is 4.39 Å². The molecule has 0 aliphatic carbocycles. The molecule has 1 amide bonds. The van der Waals surface area contributed by atoms with Crippen LogP contribution in [0.3, 0.4) is 0 Å². The molecule has 0 saturated carbocycles. The van der Waals surface area contributed by atoms with Gasteiger partial charge < -0.3 is 20.1 Å². The number of carbonyl (C=O) groups is 1. The highest BCUT2D eigenvalue weighted by atomic mass is 79.9. The average molecular weight is 564 g/mol. The van der Waals surface area contributed by atoms with Crippen LogP contribution in [-0.2, 0) is 4.79 Å². The van der Waals surface area contributed by atoms with E-state index in [-0.39, 0.29) is 30.2 Å². The van der Waals surface area contributed by atoms with E-state index in [1.807, 2.05) is 59.6 Å². The first kappa shape index (κ1) is 24.1. The lowest BCUT2D eigenvalue weighted by Gasteiger charge is -2.29. The number of hydrogen-bond donors (Lipinski definition) is 2. The van der Waals surface area contributed by atoms with Crippen molar-refractivity contribution in [2.45, 2.75) is 18.5 Å². The molecule has 0 unspecified atom stereocenters. The minimum atomic E-state index is -0.348. The minimum Gasteiger partial charge on any atom is -0.352 e. The summed E-state index contributed by atoms with van der Waals surface area (Å²) in [5.41, 5.74) is 3.46. The van der Waals surface area contributed by atoms with Gasteiger partial charge in [0.1, 0.15) is 5.82 Å². The standard InChI is InChI=1S/C27H23BrFN5OS/c28-18-6-12-21(13-7-18)33-16-3-5-23(33)26-25(22-4-1-2-15-30-22)32-27(36)34(26)17-14-24(35)31-20-10-8-19(29)9-11-20/h1-13,15-16,25-26H,14,17H2,(H,31,35)(H,32,36)/t25-,26+/m0/s1. The van der Waals surface area contributed by atoms with Crippen LogP contribution in [0.25, 0.3) is 5.69 Å². The van der Waals surface area contributed by atoms with Crippen LogP contribution >= 0.6 is 28.1 Å². The molecule has 182 valence electrons. The quantitative estimate of drug-likeness (QED) is 0.279. The summed E-state index contributed by atoms with van der Waals surface area (Å²) in [6, 6.07) is 23.3. The van der Waals surface area contributed by atoms with Crippen LogP contribution in [0.1, 0.15) is 29.9 Å². The first-order valence-electron chi connectivity index (χ1n) is 11.5. The van der Waals surface area contributed by atoms with E-state index in [1.165, 1.54) is 12.1 Å². The van der Waals surface area contributed by atoms with E-state index in [0.717, 1.165) is 21.5 Å². The number of pyridine rings is 1. The van der Waals surface area contributed by atoms with E-state index < -0.39 is 0 Å². The zero-order valence-corrected chi connectivity index (χ0v) is 21.5. The second-order valence-electron chi connectivity index (χ2n) is 8.40. The van der Waals surface area contributed by atoms with Crippen molar-refractivity contribution in [3.05, 3.63) is 113 Å². The van der Waals surface area contributed by atoms with Crippen LogP contribution in [-0.4, -0.2) is 32.0 Å². The number of amides is 1. The molecule has 36 heavy (non-hydrogen) atoms. The van der Waals surface area contributed by atoms with Crippen LogP contribution in [0.5, 0.6) is 0 Å². The van der Waals surface area contributed by atoms with Crippen molar-refractivity contribution in [1.82, 2.24) is 19.8 Å². The molecular formula is C27H23BrFN5OS. The number of carbonyl (C=O) groups excluding carboxylic acids is 1. The van der Waals surface area contributed by atoms with Gasteiger partial charge in [0.25, 0.3) is 0 Å². The van der Waals surface area contributed by atoms with Crippen molar-refractivity contribution in [2.24, 2.45) is 0 Å². The summed E-state index contributed by atoms with van der Waals surface area (Å²) >= 11 is 9.24. The van der Waals surface area contributed by atoms with Gasteiger partial charge in [-0.3, -0.25) is 9.78 Å². The molecule has 3 heterocycles. The van der Waals surface area contributed by atoms with E-state index >= 15 is 0 Å². The van der Waals surface area contributed by atoms with E-state index in [0.29, 0.717) is 17.3 Å². The fourth-order valence-electron chi connectivity index (χ4n) is 4.42. The van der Waals surface area contributed by atoms with Crippen molar-refractivity contribution in [3.63, 3.8) is 0 Å². The Kier molecular flexibility index (Phi) is 7.11. The topological polar surface area (TPSA) is 62.2 Å². The molecule has 2 atom stereocenters. The molecule has 1 aliphatic rings.